The van der Waals surface area contributed by atoms with Gasteiger partial charge in [0.1, 0.15) is 0 Å². The Morgan fingerprint density at radius 1 is 1.53 bits per heavy atom. The molecule has 0 saturated heterocycles. The summed E-state index contributed by atoms with van der Waals surface area (Å²) in [5.41, 5.74) is 2.44. The number of aryl methyl sites for hydroxylation is 2. The van der Waals surface area contributed by atoms with Crippen molar-refractivity contribution >= 4 is 11.8 Å². The fourth-order valence-corrected chi connectivity index (χ4v) is 2.92. The van der Waals surface area contributed by atoms with Crippen LogP contribution in [0.5, 0.6) is 0 Å². The van der Waals surface area contributed by atoms with E-state index in [1.807, 2.05) is 11.7 Å². The van der Waals surface area contributed by atoms with Gasteiger partial charge in [-0.3, -0.25) is 4.68 Å². The number of hydrogen-bond acceptors (Lipinski definition) is 4. The Bertz CT molecular complexity index is 374. The zero-order valence-electron chi connectivity index (χ0n) is 10.6. The fraction of sp³-hybridized carbons (Fsp3) is 0.750. The van der Waals surface area contributed by atoms with E-state index in [9.17, 15) is 0 Å². The smallest absolute Gasteiger partial charge is 0.0984 e. The Kier molecular flexibility index (Phi) is 4.48. The Morgan fingerprint density at radius 3 is 2.94 bits per heavy atom. The highest BCUT2D eigenvalue weighted by Gasteiger charge is 2.22. The van der Waals surface area contributed by atoms with Crippen molar-refractivity contribution in [2.45, 2.75) is 43.8 Å². The topological polar surface area (TPSA) is 50.1 Å². The molecule has 17 heavy (non-hydrogen) atoms. The number of aliphatic hydroxyl groups is 1. The highest BCUT2D eigenvalue weighted by molar-refractivity contribution is 7.99. The third-order valence-corrected chi connectivity index (χ3v) is 4.25. The first-order valence-corrected chi connectivity index (χ1v) is 7.20. The molecule has 4 nitrogen and oxygen atoms in total. The van der Waals surface area contributed by atoms with Gasteiger partial charge in [0.15, 0.2) is 0 Å². The summed E-state index contributed by atoms with van der Waals surface area (Å²) in [5, 5.41) is 18.1. The standard InChI is InChI=1S/C12H21N3OS/c1-9-11(8-13-10-4-5-10)12(15(2)14-9)17-7-3-6-16/h10,13,16H,3-8H2,1-2H3. The van der Waals surface area contributed by atoms with Crippen molar-refractivity contribution in [3.8, 4) is 0 Å². The molecule has 96 valence electrons. The number of nitrogens with one attached hydrogen (secondary N) is 1. The molecule has 2 rings (SSSR count). The van der Waals surface area contributed by atoms with Crippen molar-refractivity contribution in [3.63, 3.8) is 0 Å². The first kappa shape index (κ1) is 12.9. The average molecular weight is 255 g/mol. The van der Waals surface area contributed by atoms with Crippen LogP contribution in [-0.2, 0) is 13.6 Å². The maximum atomic E-state index is 8.82. The van der Waals surface area contributed by atoms with E-state index in [4.69, 9.17) is 5.11 Å². The molecule has 0 atom stereocenters. The molecular formula is C12H21N3OS. The second-order valence-electron chi connectivity index (χ2n) is 4.57. The average Bonchev–Trinajstić information content (AvgIpc) is 3.06. The maximum Gasteiger partial charge on any atom is 0.0984 e. The van der Waals surface area contributed by atoms with E-state index in [1.54, 1.807) is 11.8 Å². The Morgan fingerprint density at radius 2 is 2.29 bits per heavy atom. The summed E-state index contributed by atoms with van der Waals surface area (Å²) in [6, 6.07) is 0.727. The maximum absolute atomic E-state index is 8.82. The molecule has 0 unspecified atom stereocenters. The second kappa shape index (κ2) is 5.89. The summed E-state index contributed by atoms with van der Waals surface area (Å²) in [6.45, 7) is 3.26. The largest absolute Gasteiger partial charge is 0.396 e. The van der Waals surface area contributed by atoms with Gasteiger partial charge >= 0.3 is 0 Å². The van der Waals surface area contributed by atoms with Gasteiger partial charge in [0.05, 0.1) is 10.7 Å². The second-order valence-corrected chi connectivity index (χ2v) is 5.66. The molecule has 1 aromatic rings. The molecule has 5 heteroatoms. The molecule has 0 aromatic carbocycles. The van der Waals surface area contributed by atoms with E-state index >= 15 is 0 Å². The van der Waals surface area contributed by atoms with Crippen molar-refractivity contribution in [1.82, 2.24) is 15.1 Å². The van der Waals surface area contributed by atoms with Gasteiger partial charge in [-0.25, -0.2) is 0 Å². The zero-order valence-corrected chi connectivity index (χ0v) is 11.4. The molecule has 0 amide bonds. The summed E-state index contributed by atoms with van der Waals surface area (Å²) in [7, 11) is 1.99. The van der Waals surface area contributed by atoms with Crippen LogP contribution in [0.25, 0.3) is 0 Å². The van der Waals surface area contributed by atoms with Gasteiger partial charge in [-0.05, 0) is 26.2 Å². The minimum absolute atomic E-state index is 0.263. The first-order chi connectivity index (χ1) is 8.22. The quantitative estimate of drug-likeness (QED) is 0.572. The molecular weight excluding hydrogens is 234 g/mol. The first-order valence-electron chi connectivity index (χ1n) is 6.22. The van der Waals surface area contributed by atoms with Crippen LogP contribution in [0.2, 0.25) is 0 Å². The van der Waals surface area contributed by atoms with E-state index < -0.39 is 0 Å². The van der Waals surface area contributed by atoms with Gasteiger partial charge in [-0.2, -0.15) is 5.10 Å². The number of aliphatic hydroxyl groups excluding tert-OH is 1. The number of nitrogens with zero attached hydrogens (tertiary/aromatic N) is 2. The number of hydrogen-bond donors (Lipinski definition) is 2. The predicted molar refractivity (Wildman–Crippen MR) is 70.2 cm³/mol. The van der Waals surface area contributed by atoms with E-state index in [1.165, 1.54) is 23.4 Å². The lowest BCUT2D eigenvalue weighted by Gasteiger charge is -2.07. The molecule has 0 bridgehead atoms. The normalized spacial score (nSPS) is 15.5. The van der Waals surface area contributed by atoms with Crippen LogP contribution in [0, 0.1) is 6.92 Å². The lowest BCUT2D eigenvalue weighted by Crippen LogP contribution is -2.16. The summed E-state index contributed by atoms with van der Waals surface area (Å²) >= 11 is 1.79. The van der Waals surface area contributed by atoms with Gasteiger partial charge in [0.2, 0.25) is 0 Å². The summed E-state index contributed by atoms with van der Waals surface area (Å²) < 4.78 is 1.96. The molecule has 0 aliphatic heterocycles. The number of aromatic nitrogens is 2. The third kappa shape index (κ3) is 3.47. The van der Waals surface area contributed by atoms with Crippen molar-refractivity contribution in [1.29, 1.82) is 0 Å². The van der Waals surface area contributed by atoms with Crippen molar-refractivity contribution < 1.29 is 5.11 Å². The van der Waals surface area contributed by atoms with Crippen molar-refractivity contribution in [3.05, 3.63) is 11.3 Å². The van der Waals surface area contributed by atoms with Gasteiger partial charge in [-0.15, -0.1) is 11.8 Å². The van der Waals surface area contributed by atoms with E-state index in [2.05, 4.69) is 17.3 Å². The highest BCUT2D eigenvalue weighted by atomic mass is 32.2. The number of rotatable bonds is 7. The lowest BCUT2D eigenvalue weighted by atomic mass is 10.2. The minimum Gasteiger partial charge on any atom is -0.396 e. The highest BCUT2D eigenvalue weighted by Crippen LogP contribution is 2.27. The summed E-state index contributed by atoms with van der Waals surface area (Å²) in [5.74, 6) is 0.950. The van der Waals surface area contributed by atoms with Gasteiger partial charge in [-0.1, -0.05) is 0 Å². The van der Waals surface area contributed by atoms with E-state index in [0.717, 1.165) is 30.5 Å². The predicted octanol–water partition coefficient (Wildman–Crippen LogP) is 1.46. The Balaban J connectivity index is 1.99. The summed E-state index contributed by atoms with van der Waals surface area (Å²) in [4.78, 5) is 0. The van der Waals surface area contributed by atoms with Gasteiger partial charge in [0.25, 0.3) is 0 Å². The monoisotopic (exact) mass is 255 g/mol. The molecule has 0 spiro atoms. The van der Waals surface area contributed by atoms with Crippen molar-refractivity contribution in [2.75, 3.05) is 12.4 Å². The lowest BCUT2D eigenvalue weighted by molar-refractivity contribution is 0.296. The molecule has 1 saturated carbocycles. The molecule has 1 fully saturated rings. The molecule has 1 aromatic heterocycles. The van der Waals surface area contributed by atoms with Crippen LogP contribution in [0.1, 0.15) is 30.5 Å². The molecule has 2 N–H and O–H groups in total. The summed E-state index contributed by atoms with van der Waals surface area (Å²) in [6.07, 6.45) is 3.46. The fourth-order valence-electron chi connectivity index (χ4n) is 1.83. The molecule has 1 aliphatic rings. The van der Waals surface area contributed by atoms with E-state index in [0.29, 0.717) is 0 Å². The van der Waals surface area contributed by atoms with Crippen molar-refractivity contribution in [2.24, 2.45) is 7.05 Å². The Hall–Kier alpha value is -0.520. The van der Waals surface area contributed by atoms with Crippen LogP contribution in [0.3, 0.4) is 0 Å². The van der Waals surface area contributed by atoms with Crippen LogP contribution in [0.4, 0.5) is 0 Å². The molecule has 1 heterocycles. The van der Waals surface area contributed by atoms with E-state index in [-0.39, 0.29) is 6.61 Å². The minimum atomic E-state index is 0.263. The molecule has 1 aliphatic carbocycles. The third-order valence-electron chi connectivity index (χ3n) is 2.97. The van der Waals surface area contributed by atoms with Crippen LogP contribution in [0.15, 0.2) is 5.03 Å². The number of thioether (sulfide) groups is 1. The van der Waals surface area contributed by atoms with Crippen LogP contribution >= 0.6 is 11.8 Å². The van der Waals surface area contributed by atoms with Gasteiger partial charge < -0.3 is 10.4 Å². The zero-order chi connectivity index (χ0) is 12.3. The van der Waals surface area contributed by atoms with Crippen LogP contribution in [-0.4, -0.2) is 33.3 Å². The molecule has 0 radical (unpaired) electrons. The van der Waals surface area contributed by atoms with Crippen LogP contribution < -0.4 is 5.32 Å². The Labute approximate surface area is 107 Å². The van der Waals surface area contributed by atoms with Gasteiger partial charge in [0, 0.05) is 37.6 Å². The SMILES string of the molecule is Cc1nn(C)c(SCCCO)c1CNC1CC1.